The Morgan fingerprint density at radius 3 is 2.77 bits per heavy atom. The third kappa shape index (κ3) is 3.16. The van der Waals surface area contributed by atoms with Crippen molar-refractivity contribution in [2.24, 2.45) is 0 Å². The SMILES string of the molecule is CCc1c(C)sc(NC(=O)c2cccc(CC#N)c2)c1C#N. The molecule has 0 atom stereocenters. The zero-order chi connectivity index (χ0) is 16.1. The predicted octanol–water partition coefficient (Wildman–Crippen LogP) is 3.81. The third-order valence-corrected chi connectivity index (χ3v) is 4.44. The number of nitrogens with zero attached hydrogens (tertiary/aromatic N) is 2. The summed E-state index contributed by atoms with van der Waals surface area (Å²) >= 11 is 1.42. The number of hydrogen-bond acceptors (Lipinski definition) is 4. The molecule has 110 valence electrons. The fraction of sp³-hybridized carbons (Fsp3) is 0.235. The summed E-state index contributed by atoms with van der Waals surface area (Å²) in [4.78, 5) is 13.4. The van der Waals surface area contributed by atoms with Gasteiger partial charge in [0.25, 0.3) is 5.91 Å². The Bertz CT molecular complexity index is 793. The lowest BCUT2D eigenvalue weighted by Crippen LogP contribution is -2.12. The zero-order valence-electron chi connectivity index (χ0n) is 12.4. The van der Waals surface area contributed by atoms with Crippen LogP contribution < -0.4 is 5.32 Å². The van der Waals surface area contributed by atoms with E-state index in [4.69, 9.17) is 5.26 Å². The van der Waals surface area contributed by atoms with Gasteiger partial charge in [-0.25, -0.2) is 0 Å². The number of carbonyl (C=O) groups excluding carboxylic acids is 1. The van der Waals surface area contributed by atoms with Crippen molar-refractivity contribution in [2.75, 3.05) is 5.32 Å². The first kappa shape index (κ1) is 15.8. The topological polar surface area (TPSA) is 76.7 Å². The van der Waals surface area contributed by atoms with Gasteiger partial charge in [-0.05, 0) is 36.6 Å². The van der Waals surface area contributed by atoms with Gasteiger partial charge >= 0.3 is 0 Å². The van der Waals surface area contributed by atoms with Crippen LogP contribution in [0.5, 0.6) is 0 Å². The third-order valence-electron chi connectivity index (χ3n) is 3.37. The molecule has 22 heavy (non-hydrogen) atoms. The zero-order valence-corrected chi connectivity index (χ0v) is 13.3. The fourth-order valence-corrected chi connectivity index (χ4v) is 3.39. The van der Waals surface area contributed by atoms with Crippen molar-refractivity contribution in [3.63, 3.8) is 0 Å². The van der Waals surface area contributed by atoms with Crippen molar-refractivity contribution in [1.82, 2.24) is 0 Å². The molecule has 0 aliphatic heterocycles. The molecular formula is C17H15N3OS. The van der Waals surface area contributed by atoms with Crippen LogP contribution in [0.2, 0.25) is 0 Å². The first-order valence-electron chi connectivity index (χ1n) is 6.90. The van der Waals surface area contributed by atoms with Gasteiger partial charge in [0.1, 0.15) is 11.1 Å². The number of anilines is 1. The molecule has 0 unspecified atom stereocenters. The maximum absolute atomic E-state index is 12.4. The van der Waals surface area contributed by atoms with E-state index in [1.807, 2.05) is 19.9 Å². The summed E-state index contributed by atoms with van der Waals surface area (Å²) in [6.45, 7) is 3.94. The number of nitriles is 2. The van der Waals surface area contributed by atoms with Crippen LogP contribution in [-0.2, 0) is 12.8 Å². The molecule has 5 heteroatoms. The molecule has 2 aromatic rings. The van der Waals surface area contributed by atoms with E-state index < -0.39 is 0 Å². The van der Waals surface area contributed by atoms with Crippen molar-refractivity contribution in [3.8, 4) is 12.1 Å². The van der Waals surface area contributed by atoms with Crippen LogP contribution in [0.15, 0.2) is 24.3 Å². The first-order chi connectivity index (χ1) is 10.6. The number of amides is 1. The lowest BCUT2D eigenvalue weighted by molar-refractivity contribution is 0.102. The van der Waals surface area contributed by atoms with Gasteiger partial charge in [0.2, 0.25) is 0 Å². The maximum atomic E-state index is 12.4. The number of carbonyl (C=O) groups is 1. The van der Waals surface area contributed by atoms with Crippen LogP contribution in [0.1, 0.15) is 38.8 Å². The Hall–Kier alpha value is -2.63. The van der Waals surface area contributed by atoms with Crippen LogP contribution in [0, 0.1) is 29.6 Å². The van der Waals surface area contributed by atoms with Crippen LogP contribution in [0.4, 0.5) is 5.00 Å². The summed E-state index contributed by atoms with van der Waals surface area (Å²) in [5.74, 6) is -0.264. The molecule has 0 saturated heterocycles. The average molecular weight is 309 g/mol. The number of aryl methyl sites for hydroxylation is 1. The average Bonchev–Trinajstić information content (AvgIpc) is 2.82. The van der Waals surface area contributed by atoms with Crippen LogP contribution in [-0.4, -0.2) is 5.91 Å². The van der Waals surface area contributed by atoms with Gasteiger partial charge in [-0.15, -0.1) is 11.3 Å². The summed E-state index contributed by atoms with van der Waals surface area (Å²) in [7, 11) is 0. The molecule has 1 aromatic carbocycles. The van der Waals surface area contributed by atoms with Gasteiger partial charge in [-0.2, -0.15) is 10.5 Å². The minimum absolute atomic E-state index is 0.264. The molecule has 0 radical (unpaired) electrons. The van der Waals surface area contributed by atoms with Crippen LogP contribution in [0.3, 0.4) is 0 Å². The second kappa shape index (κ2) is 6.89. The lowest BCUT2D eigenvalue weighted by atomic mass is 10.1. The Kier molecular flexibility index (Phi) is 4.93. The quantitative estimate of drug-likeness (QED) is 0.933. The molecule has 2 rings (SSSR count). The molecule has 0 bridgehead atoms. The standard InChI is InChI=1S/C17H15N3OS/c1-3-14-11(2)22-17(15(14)10-19)20-16(21)13-6-4-5-12(9-13)7-8-18/h4-6,9H,3,7H2,1-2H3,(H,20,21). The van der Waals surface area contributed by atoms with Gasteiger partial charge in [0.05, 0.1) is 18.1 Å². The van der Waals surface area contributed by atoms with E-state index in [-0.39, 0.29) is 12.3 Å². The highest BCUT2D eigenvalue weighted by molar-refractivity contribution is 7.16. The van der Waals surface area contributed by atoms with Crippen molar-refractivity contribution in [1.29, 1.82) is 10.5 Å². The minimum atomic E-state index is -0.264. The van der Waals surface area contributed by atoms with Gasteiger partial charge in [-0.1, -0.05) is 19.1 Å². The van der Waals surface area contributed by atoms with E-state index in [1.54, 1.807) is 18.2 Å². The summed E-state index contributed by atoms with van der Waals surface area (Å²) in [5.41, 5.74) is 2.82. The normalized spacial score (nSPS) is 9.82. The molecule has 4 nitrogen and oxygen atoms in total. The molecule has 0 aliphatic carbocycles. The van der Waals surface area contributed by atoms with Crippen molar-refractivity contribution >= 4 is 22.2 Å². The minimum Gasteiger partial charge on any atom is -0.312 e. The molecule has 0 saturated carbocycles. The van der Waals surface area contributed by atoms with E-state index in [0.717, 1.165) is 22.4 Å². The van der Waals surface area contributed by atoms with E-state index in [0.29, 0.717) is 16.1 Å². The molecule has 0 fully saturated rings. The van der Waals surface area contributed by atoms with Crippen LogP contribution in [0.25, 0.3) is 0 Å². The van der Waals surface area contributed by atoms with Crippen molar-refractivity contribution < 1.29 is 4.79 Å². The number of thiophene rings is 1. The summed E-state index contributed by atoms with van der Waals surface area (Å²) < 4.78 is 0. The monoisotopic (exact) mass is 309 g/mol. The second-order valence-electron chi connectivity index (χ2n) is 4.80. The van der Waals surface area contributed by atoms with E-state index in [9.17, 15) is 10.1 Å². The number of benzene rings is 1. The van der Waals surface area contributed by atoms with Gasteiger partial charge < -0.3 is 5.32 Å². The Labute approximate surface area is 133 Å². The highest BCUT2D eigenvalue weighted by Crippen LogP contribution is 2.33. The van der Waals surface area contributed by atoms with Crippen LogP contribution >= 0.6 is 11.3 Å². The smallest absolute Gasteiger partial charge is 0.256 e. The molecule has 1 aromatic heterocycles. The molecule has 1 amide bonds. The largest absolute Gasteiger partial charge is 0.312 e. The lowest BCUT2D eigenvalue weighted by Gasteiger charge is -2.05. The molecule has 1 N–H and O–H groups in total. The van der Waals surface area contributed by atoms with Crippen molar-refractivity contribution in [2.45, 2.75) is 26.7 Å². The van der Waals surface area contributed by atoms with E-state index in [2.05, 4.69) is 17.5 Å². The summed E-state index contributed by atoms with van der Waals surface area (Å²) in [6, 6.07) is 11.2. The first-order valence-corrected chi connectivity index (χ1v) is 7.72. The predicted molar refractivity (Wildman–Crippen MR) is 86.9 cm³/mol. The summed E-state index contributed by atoms with van der Waals surface area (Å²) in [6.07, 6.45) is 1.03. The van der Waals surface area contributed by atoms with Gasteiger partial charge in [0, 0.05) is 10.4 Å². The number of hydrogen-bond donors (Lipinski definition) is 1. The molecule has 0 aliphatic rings. The summed E-state index contributed by atoms with van der Waals surface area (Å²) in [5, 5.41) is 21.4. The Balaban J connectivity index is 2.28. The maximum Gasteiger partial charge on any atom is 0.256 e. The molecule has 0 spiro atoms. The van der Waals surface area contributed by atoms with E-state index in [1.165, 1.54) is 11.3 Å². The van der Waals surface area contributed by atoms with Crippen molar-refractivity contribution in [3.05, 3.63) is 51.4 Å². The highest BCUT2D eigenvalue weighted by Gasteiger charge is 2.17. The number of nitrogens with one attached hydrogen (secondary N) is 1. The molecule has 1 heterocycles. The molecular weight excluding hydrogens is 294 g/mol. The Morgan fingerprint density at radius 1 is 1.36 bits per heavy atom. The Morgan fingerprint density at radius 2 is 2.14 bits per heavy atom. The van der Waals surface area contributed by atoms with Gasteiger partial charge in [-0.3, -0.25) is 4.79 Å². The van der Waals surface area contributed by atoms with E-state index >= 15 is 0 Å². The van der Waals surface area contributed by atoms with Gasteiger partial charge in [0.15, 0.2) is 0 Å². The second-order valence-corrected chi connectivity index (χ2v) is 6.02. The highest BCUT2D eigenvalue weighted by atomic mass is 32.1. The number of rotatable bonds is 4. The fourth-order valence-electron chi connectivity index (χ4n) is 2.30.